The molecule has 1 N–H and O–H groups in total. The second-order valence-electron chi connectivity index (χ2n) is 3.90. The molecular formula is C11H21N3O. The van der Waals surface area contributed by atoms with Crippen molar-refractivity contribution in [3.63, 3.8) is 0 Å². The van der Waals surface area contributed by atoms with Gasteiger partial charge in [-0.05, 0) is 12.8 Å². The van der Waals surface area contributed by atoms with E-state index in [0.29, 0.717) is 5.92 Å². The first-order chi connectivity index (χ1) is 7.26. The average molecular weight is 211 g/mol. The highest BCUT2D eigenvalue weighted by Crippen LogP contribution is 1.98. The Kier molecular flexibility index (Phi) is 5.36. The molecule has 0 aliphatic heterocycles. The number of rotatable bonds is 7. The SMILES string of the molecule is CCn1cc(CNCC(C)COC)cn1. The lowest BCUT2D eigenvalue weighted by Crippen LogP contribution is -2.23. The third kappa shape index (κ3) is 4.44. The van der Waals surface area contributed by atoms with E-state index in [-0.39, 0.29) is 0 Å². The summed E-state index contributed by atoms with van der Waals surface area (Å²) in [5.74, 6) is 0.552. The van der Waals surface area contributed by atoms with Crippen LogP contribution in [0.25, 0.3) is 0 Å². The van der Waals surface area contributed by atoms with Crippen LogP contribution < -0.4 is 5.32 Å². The first-order valence-electron chi connectivity index (χ1n) is 5.47. The molecule has 1 heterocycles. The van der Waals surface area contributed by atoms with Crippen molar-refractivity contribution >= 4 is 0 Å². The zero-order chi connectivity index (χ0) is 11.1. The molecule has 0 aliphatic rings. The van der Waals surface area contributed by atoms with Crippen molar-refractivity contribution in [2.75, 3.05) is 20.3 Å². The first kappa shape index (κ1) is 12.2. The molecule has 4 nitrogen and oxygen atoms in total. The predicted octanol–water partition coefficient (Wildman–Crippen LogP) is 1.28. The number of ether oxygens (including phenoxy) is 1. The quantitative estimate of drug-likeness (QED) is 0.738. The molecule has 0 spiro atoms. The summed E-state index contributed by atoms with van der Waals surface area (Å²) in [6.45, 7) is 7.86. The lowest BCUT2D eigenvalue weighted by Gasteiger charge is -2.10. The summed E-state index contributed by atoms with van der Waals surface area (Å²) in [5, 5.41) is 7.61. The Labute approximate surface area is 91.6 Å². The number of nitrogens with zero attached hydrogens (tertiary/aromatic N) is 2. The Hall–Kier alpha value is -0.870. The molecule has 0 aliphatic carbocycles. The van der Waals surface area contributed by atoms with Gasteiger partial charge in [0.05, 0.1) is 6.20 Å². The van der Waals surface area contributed by atoms with Crippen LogP contribution in [0.15, 0.2) is 12.4 Å². The van der Waals surface area contributed by atoms with Crippen LogP contribution in [0.3, 0.4) is 0 Å². The van der Waals surface area contributed by atoms with E-state index in [9.17, 15) is 0 Å². The monoisotopic (exact) mass is 211 g/mol. The normalized spacial score (nSPS) is 13.0. The fraction of sp³-hybridized carbons (Fsp3) is 0.727. The zero-order valence-electron chi connectivity index (χ0n) is 9.86. The summed E-state index contributed by atoms with van der Waals surface area (Å²) in [6, 6.07) is 0. The molecular weight excluding hydrogens is 190 g/mol. The maximum atomic E-state index is 5.07. The molecule has 86 valence electrons. The Balaban J connectivity index is 2.19. The Morgan fingerprint density at radius 1 is 1.60 bits per heavy atom. The molecule has 4 heteroatoms. The molecule has 0 radical (unpaired) electrons. The minimum absolute atomic E-state index is 0.552. The third-order valence-electron chi connectivity index (χ3n) is 2.28. The fourth-order valence-electron chi connectivity index (χ4n) is 1.48. The summed E-state index contributed by atoms with van der Waals surface area (Å²) >= 11 is 0. The Bertz CT molecular complexity index is 273. The lowest BCUT2D eigenvalue weighted by molar-refractivity contribution is 0.158. The van der Waals surface area contributed by atoms with E-state index < -0.39 is 0 Å². The van der Waals surface area contributed by atoms with E-state index in [0.717, 1.165) is 26.2 Å². The van der Waals surface area contributed by atoms with Gasteiger partial charge in [-0.25, -0.2) is 0 Å². The van der Waals surface area contributed by atoms with Crippen LogP contribution in [0.1, 0.15) is 19.4 Å². The largest absolute Gasteiger partial charge is 0.384 e. The van der Waals surface area contributed by atoms with Crippen LogP contribution in [0.5, 0.6) is 0 Å². The standard InChI is InChI=1S/C11H21N3O/c1-4-14-8-11(7-13-14)6-12-5-10(2)9-15-3/h7-8,10,12H,4-6,9H2,1-3H3. The number of hydrogen-bond donors (Lipinski definition) is 1. The van der Waals surface area contributed by atoms with Gasteiger partial charge < -0.3 is 10.1 Å². The Morgan fingerprint density at radius 2 is 2.40 bits per heavy atom. The number of methoxy groups -OCH3 is 1. The van der Waals surface area contributed by atoms with Gasteiger partial charge in [-0.1, -0.05) is 6.92 Å². The van der Waals surface area contributed by atoms with Crippen molar-refractivity contribution in [2.24, 2.45) is 5.92 Å². The molecule has 0 fully saturated rings. The van der Waals surface area contributed by atoms with Gasteiger partial charge in [0.1, 0.15) is 0 Å². The molecule has 0 saturated carbocycles. The highest BCUT2D eigenvalue weighted by molar-refractivity contribution is 5.03. The highest BCUT2D eigenvalue weighted by Gasteiger charge is 2.01. The molecule has 0 aromatic carbocycles. The number of aryl methyl sites for hydroxylation is 1. The van der Waals surface area contributed by atoms with Crippen LogP contribution in [-0.4, -0.2) is 30.0 Å². The Morgan fingerprint density at radius 3 is 3.00 bits per heavy atom. The maximum Gasteiger partial charge on any atom is 0.0534 e. The molecule has 1 atom stereocenters. The third-order valence-corrected chi connectivity index (χ3v) is 2.28. The van der Waals surface area contributed by atoms with E-state index in [2.05, 4.69) is 30.5 Å². The summed E-state index contributed by atoms with van der Waals surface area (Å²) < 4.78 is 7.01. The van der Waals surface area contributed by atoms with E-state index in [1.807, 2.05) is 10.9 Å². The molecule has 0 saturated heterocycles. The van der Waals surface area contributed by atoms with Crippen molar-refractivity contribution in [1.29, 1.82) is 0 Å². The number of nitrogens with one attached hydrogen (secondary N) is 1. The average Bonchev–Trinajstić information content (AvgIpc) is 2.66. The highest BCUT2D eigenvalue weighted by atomic mass is 16.5. The van der Waals surface area contributed by atoms with Gasteiger partial charge in [-0.15, -0.1) is 0 Å². The molecule has 0 amide bonds. The topological polar surface area (TPSA) is 39.1 Å². The van der Waals surface area contributed by atoms with Crippen LogP contribution in [-0.2, 0) is 17.8 Å². The van der Waals surface area contributed by atoms with E-state index in [1.165, 1.54) is 5.56 Å². The summed E-state index contributed by atoms with van der Waals surface area (Å²) in [4.78, 5) is 0. The van der Waals surface area contributed by atoms with Gasteiger partial charge in [0.25, 0.3) is 0 Å². The van der Waals surface area contributed by atoms with Crippen molar-refractivity contribution in [3.8, 4) is 0 Å². The number of aromatic nitrogens is 2. The van der Waals surface area contributed by atoms with Gasteiger partial charge in [0.2, 0.25) is 0 Å². The second kappa shape index (κ2) is 6.58. The van der Waals surface area contributed by atoms with Gasteiger partial charge >= 0.3 is 0 Å². The molecule has 1 aromatic heterocycles. The van der Waals surface area contributed by atoms with Crippen LogP contribution in [0.2, 0.25) is 0 Å². The molecule has 1 aromatic rings. The van der Waals surface area contributed by atoms with E-state index in [1.54, 1.807) is 7.11 Å². The van der Waals surface area contributed by atoms with Crippen molar-refractivity contribution in [1.82, 2.24) is 15.1 Å². The van der Waals surface area contributed by atoms with Crippen LogP contribution in [0, 0.1) is 5.92 Å². The lowest BCUT2D eigenvalue weighted by atomic mass is 10.2. The van der Waals surface area contributed by atoms with Crippen molar-refractivity contribution in [3.05, 3.63) is 18.0 Å². The fourth-order valence-corrected chi connectivity index (χ4v) is 1.48. The number of hydrogen-bond acceptors (Lipinski definition) is 3. The van der Waals surface area contributed by atoms with Crippen molar-refractivity contribution in [2.45, 2.75) is 26.9 Å². The van der Waals surface area contributed by atoms with Crippen LogP contribution in [0.4, 0.5) is 0 Å². The van der Waals surface area contributed by atoms with Gasteiger partial charge in [0.15, 0.2) is 0 Å². The summed E-state index contributed by atoms with van der Waals surface area (Å²) in [6.07, 6.45) is 3.99. The van der Waals surface area contributed by atoms with E-state index in [4.69, 9.17) is 4.74 Å². The summed E-state index contributed by atoms with van der Waals surface area (Å²) in [5.41, 5.74) is 1.24. The van der Waals surface area contributed by atoms with Gasteiger partial charge in [0, 0.05) is 45.1 Å². The second-order valence-corrected chi connectivity index (χ2v) is 3.90. The molecule has 15 heavy (non-hydrogen) atoms. The van der Waals surface area contributed by atoms with Gasteiger partial charge in [-0.2, -0.15) is 5.10 Å². The minimum atomic E-state index is 0.552. The smallest absolute Gasteiger partial charge is 0.0534 e. The van der Waals surface area contributed by atoms with Crippen LogP contribution >= 0.6 is 0 Å². The molecule has 1 unspecified atom stereocenters. The minimum Gasteiger partial charge on any atom is -0.384 e. The summed E-state index contributed by atoms with van der Waals surface area (Å²) in [7, 11) is 1.74. The molecule has 1 rings (SSSR count). The molecule has 0 bridgehead atoms. The van der Waals surface area contributed by atoms with Gasteiger partial charge in [-0.3, -0.25) is 4.68 Å². The maximum absolute atomic E-state index is 5.07. The van der Waals surface area contributed by atoms with E-state index >= 15 is 0 Å². The van der Waals surface area contributed by atoms with Crippen molar-refractivity contribution < 1.29 is 4.74 Å². The predicted molar refractivity (Wildman–Crippen MR) is 60.6 cm³/mol. The first-order valence-corrected chi connectivity index (χ1v) is 5.47. The zero-order valence-corrected chi connectivity index (χ0v) is 9.86.